The first-order chi connectivity index (χ1) is 14.8. The van der Waals surface area contributed by atoms with E-state index in [-0.39, 0.29) is 5.92 Å². The van der Waals surface area contributed by atoms with E-state index in [4.69, 9.17) is 4.74 Å². The number of benzene rings is 5. The summed E-state index contributed by atoms with van der Waals surface area (Å²) in [6.45, 7) is 0. The predicted octanol–water partition coefficient (Wildman–Crippen LogP) is 7.24. The largest absolute Gasteiger partial charge is 0.497 e. The van der Waals surface area contributed by atoms with Crippen molar-refractivity contribution in [2.75, 3.05) is 12.4 Å². The number of anilines is 2. The Morgan fingerprint density at radius 1 is 0.633 bits per heavy atom. The van der Waals surface area contributed by atoms with Gasteiger partial charge in [0.2, 0.25) is 0 Å². The van der Waals surface area contributed by atoms with Crippen molar-refractivity contribution in [3.8, 4) is 5.75 Å². The molecule has 1 heterocycles. The minimum absolute atomic E-state index is 0.188. The molecule has 1 N–H and O–H groups in total. The Kier molecular flexibility index (Phi) is 3.78. The van der Waals surface area contributed by atoms with E-state index < -0.39 is 0 Å². The zero-order chi connectivity index (χ0) is 20.1. The van der Waals surface area contributed by atoms with E-state index in [9.17, 15) is 0 Å². The molecule has 0 saturated heterocycles. The molecule has 1 aliphatic heterocycles. The Morgan fingerprint density at radius 3 is 2.07 bits per heavy atom. The Hall–Kier alpha value is -3.78. The van der Waals surface area contributed by atoms with E-state index in [1.54, 1.807) is 7.11 Å². The van der Waals surface area contributed by atoms with Crippen LogP contribution in [0.1, 0.15) is 22.6 Å². The van der Waals surface area contributed by atoms with Crippen LogP contribution >= 0.6 is 0 Å². The summed E-state index contributed by atoms with van der Waals surface area (Å²) in [5, 5.41) is 8.72. The molecular weight excluding hydrogens is 366 g/mol. The van der Waals surface area contributed by atoms with Gasteiger partial charge in [0, 0.05) is 16.7 Å². The highest BCUT2D eigenvalue weighted by Gasteiger charge is 2.29. The summed E-state index contributed by atoms with van der Waals surface area (Å²) in [5.41, 5.74) is 6.33. The molecule has 1 atom stereocenters. The van der Waals surface area contributed by atoms with Crippen LogP contribution in [0, 0.1) is 0 Å². The molecule has 1 aliphatic rings. The van der Waals surface area contributed by atoms with Gasteiger partial charge in [0.05, 0.1) is 18.5 Å². The third-order valence-electron chi connectivity index (χ3n) is 6.23. The number of ether oxygens (including phenoxy) is 1. The molecule has 5 aromatic rings. The highest BCUT2D eigenvalue weighted by Crippen LogP contribution is 2.49. The molecule has 0 aliphatic carbocycles. The van der Waals surface area contributed by atoms with Gasteiger partial charge in [0.1, 0.15) is 5.75 Å². The Balaban J connectivity index is 1.68. The first-order valence-electron chi connectivity index (χ1n) is 10.3. The smallest absolute Gasteiger partial charge is 0.119 e. The molecule has 0 aromatic heterocycles. The van der Waals surface area contributed by atoms with Gasteiger partial charge in [-0.05, 0) is 45.7 Å². The lowest BCUT2D eigenvalue weighted by atomic mass is 9.79. The van der Waals surface area contributed by atoms with Crippen molar-refractivity contribution in [1.82, 2.24) is 0 Å². The first kappa shape index (κ1) is 17.1. The highest BCUT2D eigenvalue weighted by atomic mass is 16.5. The zero-order valence-electron chi connectivity index (χ0n) is 16.7. The standard InChI is InChI=1S/C28H21NO/c1-30-21-13-16-23-20(17-21)12-15-25-26(19-8-3-2-4-9-19)24-14-11-18-7-5-6-10-22(18)27(24)29-28(23)25/h2-17,26,29H,1H3. The van der Waals surface area contributed by atoms with Gasteiger partial charge in [-0.1, -0.05) is 78.9 Å². The summed E-state index contributed by atoms with van der Waals surface area (Å²) >= 11 is 0. The Labute approximate surface area is 175 Å². The van der Waals surface area contributed by atoms with Crippen LogP contribution in [-0.4, -0.2) is 7.11 Å². The molecule has 0 bridgehead atoms. The number of hydrogen-bond donors (Lipinski definition) is 1. The van der Waals surface area contributed by atoms with Crippen molar-refractivity contribution in [2.45, 2.75) is 5.92 Å². The van der Waals surface area contributed by atoms with E-state index in [1.165, 1.54) is 49.6 Å². The van der Waals surface area contributed by atoms with E-state index >= 15 is 0 Å². The topological polar surface area (TPSA) is 21.3 Å². The fourth-order valence-electron chi connectivity index (χ4n) is 4.80. The van der Waals surface area contributed by atoms with Crippen LogP contribution in [0.15, 0.2) is 97.1 Å². The van der Waals surface area contributed by atoms with Gasteiger partial charge in [0.25, 0.3) is 0 Å². The van der Waals surface area contributed by atoms with Crippen LogP contribution < -0.4 is 10.1 Å². The Bertz CT molecular complexity index is 1410. The summed E-state index contributed by atoms with van der Waals surface area (Å²) in [4.78, 5) is 0. The molecule has 0 spiro atoms. The van der Waals surface area contributed by atoms with Gasteiger partial charge in [-0.15, -0.1) is 0 Å². The molecule has 0 radical (unpaired) electrons. The Morgan fingerprint density at radius 2 is 1.30 bits per heavy atom. The molecule has 2 nitrogen and oxygen atoms in total. The van der Waals surface area contributed by atoms with Crippen molar-refractivity contribution in [3.05, 3.63) is 114 Å². The van der Waals surface area contributed by atoms with Gasteiger partial charge < -0.3 is 10.1 Å². The average molecular weight is 387 g/mol. The number of nitrogens with one attached hydrogen (secondary N) is 1. The number of rotatable bonds is 2. The summed E-state index contributed by atoms with van der Waals surface area (Å²) in [6.07, 6.45) is 0. The van der Waals surface area contributed by atoms with Gasteiger partial charge >= 0.3 is 0 Å². The molecule has 5 aromatic carbocycles. The van der Waals surface area contributed by atoms with Gasteiger partial charge in [0.15, 0.2) is 0 Å². The maximum Gasteiger partial charge on any atom is 0.119 e. The maximum absolute atomic E-state index is 5.45. The number of fused-ring (bicyclic) bond motifs is 6. The van der Waals surface area contributed by atoms with Crippen LogP contribution in [0.25, 0.3) is 21.5 Å². The zero-order valence-corrected chi connectivity index (χ0v) is 16.7. The van der Waals surface area contributed by atoms with Crippen LogP contribution in [0.5, 0.6) is 5.75 Å². The third-order valence-corrected chi connectivity index (χ3v) is 6.23. The van der Waals surface area contributed by atoms with Gasteiger partial charge in [-0.25, -0.2) is 0 Å². The summed E-state index contributed by atoms with van der Waals surface area (Å²) < 4.78 is 5.45. The summed E-state index contributed by atoms with van der Waals surface area (Å²) in [7, 11) is 1.71. The number of methoxy groups -OCH3 is 1. The SMILES string of the molecule is COc1ccc2c3c(ccc2c1)C(c1ccccc1)c1ccc2ccccc2c1N3. The second-order valence-corrected chi connectivity index (χ2v) is 7.84. The molecule has 0 saturated carbocycles. The van der Waals surface area contributed by atoms with Crippen molar-refractivity contribution >= 4 is 32.9 Å². The molecule has 1 unspecified atom stereocenters. The monoisotopic (exact) mass is 387 g/mol. The van der Waals surface area contributed by atoms with Gasteiger partial charge in [-0.3, -0.25) is 0 Å². The van der Waals surface area contributed by atoms with Crippen molar-refractivity contribution in [3.63, 3.8) is 0 Å². The van der Waals surface area contributed by atoms with Crippen LogP contribution in [0.3, 0.4) is 0 Å². The second-order valence-electron chi connectivity index (χ2n) is 7.84. The highest BCUT2D eigenvalue weighted by molar-refractivity contribution is 6.05. The van der Waals surface area contributed by atoms with Crippen LogP contribution in [-0.2, 0) is 0 Å². The molecule has 2 heteroatoms. The fraction of sp³-hybridized carbons (Fsp3) is 0.0714. The minimum Gasteiger partial charge on any atom is -0.497 e. The summed E-state index contributed by atoms with van der Waals surface area (Å²) in [5.74, 6) is 1.07. The minimum atomic E-state index is 0.188. The van der Waals surface area contributed by atoms with Crippen LogP contribution in [0.4, 0.5) is 11.4 Å². The first-order valence-corrected chi connectivity index (χ1v) is 10.3. The molecule has 6 rings (SSSR count). The van der Waals surface area contributed by atoms with E-state index in [1.807, 2.05) is 6.07 Å². The van der Waals surface area contributed by atoms with Gasteiger partial charge in [-0.2, -0.15) is 0 Å². The fourth-order valence-corrected chi connectivity index (χ4v) is 4.80. The van der Waals surface area contributed by atoms with Crippen molar-refractivity contribution in [1.29, 1.82) is 0 Å². The second kappa shape index (κ2) is 6.64. The normalized spacial score (nSPS) is 14.8. The quantitative estimate of drug-likeness (QED) is 0.338. The molecule has 0 fully saturated rings. The number of hydrogen-bond acceptors (Lipinski definition) is 2. The molecule has 144 valence electrons. The van der Waals surface area contributed by atoms with E-state index in [0.717, 1.165) is 5.75 Å². The molecule has 0 amide bonds. The maximum atomic E-state index is 5.45. The molecule has 30 heavy (non-hydrogen) atoms. The third kappa shape index (κ3) is 2.50. The molecular formula is C28H21NO. The predicted molar refractivity (Wildman–Crippen MR) is 125 cm³/mol. The van der Waals surface area contributed by atoms with E-state index in [0.29, 0.717) is 0 Å². The van der Waals surface area contributed by atoms with Crippen molar-refractivity contribution in [2.24, 2.45) is 0 Å². The summed E-state index contributed by atoms with van der Waals surface area (Å²) in [6, 6.07) is 34.7. The van der Waals surface area contributed by atoms with E-state index in [2.05, 4.69) is 96.3 Å². The average Bonchev–Trinajstić information content (AvgIpc) is 2.82. The lowest BCUT2D eigenvalue weighted by Crippen LogP contribution is -2.15. The van der Waals surface area contributed by atoms with Crippen LogP contribution in [0.2, 0.25) is 0 Å². The lowest BCUT2D eigenvalue weighted by molar-refractivity contribution is 0.415. The van der Waals surface area contributed by atoms with Crippen molar-refractivity contribution < 1.29 is 4.74 Å². The lowest BCUT2D eigenvalue weighted by Gasteiger charge is -2.32.